The molecule has 20 heavy (non-hydrogen) atoms. The first-order chi connectivity index (χ1) is 9.83. The second-order valence-electron chi connectivity index (χ2n) is 4.84. The minimum absolute atomic E-state index is 0.0351. The van der Waals surface area contributed by atoms with Crippen LogP contribution in [0.5, 0.6) is 0 Å². The monoisotopic (exact) mass is 273 g/mol. The van der Waals surface area contributed by atoms with Gasteiger partial charge in [-0.2, -0.15) is 4.98 Å². The fraction of sp³-hybridized carbons (Fsp3) is 0.429. The number of carbonyl (C=O) groups excluding carboxylic acids is 1. The molecule has 0 radical (unpaired) electrons. The zero-order valence-corrected chi connectivity index (χ0v) is 11.0. The summed E-state index contributed by atoms with van der Waals surface area (Å²) in [7, 11) is 0. The maximum Gasteiger partial charge on any atom is 0.309 e. The molecule has 0 spiro atoms. The van der Waals surface area contributed by atoms with Crippen LogP contribution in [0.15, 0.2) is 29.0 Å². The molecule has 1 aliphatic carbocycles. The number of hydrogen-bond acceptors (Lipinski definition) is 6. The highest BCUT2D eigenvalue weighted by Crippen LogP contribution is 2.26. The van der Waals surface area contributed by atoms with E-state index in [0.29, 0.717) is 11.7 Å². The summed E-state index contributed by atoms with van der Waals surface area (Å²) < 4.78 is 10.3. The Balaban J connectivity index is 1.59. The third kappa shape index (κ3) is 2.84. The van der Waals surface area contributed by atoms with Crippen LogP contribution in [0, 0.1) is 5.92 Å². The normalized spacial score (nSPS) is 15.4. The van der Waals surface area contributed by atoms with E-state index in [1.165, 1.54) is 0 Å². The molecule has 2 heterocycles. The third-order valence-electron chi connectivity index (χ3n) is 3.43. The molecule has 2 aromatic rings. The molecular weight excluding hydrogens is 258 g/mol. The van der Waals surface area contributed by atoms with Crippen molar-refractivity contribution in [3.63, 3.8) is 0 Å². The number of hydrogen-bond donors (Lipinski definition) is 0. The number of ether oxygens (including phenoxy) is 1. The fourth-order valence-corrected chi connectivity index (χ4v) is 2.34. The molecule has 0 aromatic carbocycles. The van der Waals surface area contributed by atoms with Gasteiger partial charge in [0.2, 0.25) is 5.82 Å². The van der Waals surface area contributed by atoms with Crippen LogP contribution >= 0.6 is 0 Å². The molecule has 6 heteroatoms. The molecule has 2 aromatic heterocycles. The molecule has 0 atom stereocenters. The van der Waals surface area contributed by atoms with Crippen LogP contribution in [-0.4, -0.2) is 21.1 Å². The van der Waals surface area contributed by atoms with E-state index in [-0.39, 0.29) is 18.5 Å². The summed E-state index contributed by atoms with van der Waals surface area (Å²) in [6.07, 6.45) is 7.37. The number of rotatable bonds is 4. The molecule has 0 N–H and O–H groups in total. The quantitative estimate of drug-likeness (QED) is 0.796. The Kier molecular flexibility index (Phi) is 3.71. The lowest BCUT2D eigenvalue weighted by Crippen LogP contribution is -2.14. The zero-order valence-electron chi connectivity index (χ0n) is 11.0. The molecule has 0 aliphatic heterocycles. The first-order valence-electron chi connectivity index (χ1n) is 6.72. The predicted molar refractivity (Wildman–Crippen MR) is 69.3 cm³/mol. The second-order valence-corrected chi connectivity index (χ2v) is 4.84. The van der Waals surface area contributed by atoms with Crippen LogP contribution in [0.3, 0.4) is 0 Å². The van der Waals surface area contributed by atoms with Crippen LogP contribution in [0.1, 0.15) is 31.6 Å². The van der Waals surface area contributed by atoms with Gasteiger partial charge >= 0.3 is 5.97 Å². The summed E-state index contributed by atoms with van der Waals surface area (Å²) in [6, 6.07) is 3.58. The largest absolute Gasteiger partial charge is 0.455 e. The van der Waals surface area contributed by atoms with Crippen LogP contribution in [0.25, 0.3) is 11.4 Å². The fourth-order valence-electron chi connectivity index (χ4n) is 2.34. The van der Waals surface area contributed by atoms with Crippen LogP contribution in [-0.2, 0) is 16.1 Å². The minimum Gasteiger partial charge on any atom is -0.455 e. The van der Waals surface area contributed by atoms with Crippen molar-refractivity contribution in [3.05, 3.63) is 30.4 Å². The standard InChI is InChI=1S/C14H15N3O3/c18-14(11-3-1-2-4-11)19-9-12-16-13(17-20-12)10-5-7-15-8-6-10/h5-8,11H,1-4,9H2. The molecule has 1 saturated carbocycles. The van der Waals surface area contributed by atoms with Crippen molar-refractivity contribution in [3.8, 4) is 11.4 Å². The van der Waals surface area contributed by atoms with Gasteiger partial charge in [0.15, 0.2) is 6.61 Å². The second kappa shape index (κ2) is 5.81. The molecule has 1 aliphatic rings. The van der Waals surface area contributed by atoms with Crippen molar-refractivity contribution in [1.29, 1.82) is 0 Å². The Labute approximate surface area is 116 Å². The Morgan fingerprint density at radius 2 is 2.05 bits per heavy atom. The molecule has 104 valence electrons. The average molecular weight is 273 g/mol. The molecule has 3 rings (SSSR count). The highest BCUT2D eigenvalue weighted by Gasteiger charge is 2.24. The number of aromatic nitrogens is 3. The third-order valence-corrected chi connectivity index (χ3v) is 3.43. The van der Waals surface area contributed by atoms with Gasteiger partial charge in [0.25, 0.3) is 5.89 Å². The summed E-state index contributed by atoms with van der Waals surface area (Å²) in [4.78, 5) is 19.9. The first-order valence-corrected chi connectivity index (χ1v) is 6.72. The van der Waals surface area contributed by atoms with Crippen molar-refractivity contribution in [2.75, 3.05) is 0 Å². The van der Waals surface area contributed by atoms with Crippen molar-refractivity contribution >= 4 is 5.97 Å². The summed E-state index contributed by atoms with van der Waals surface area (Å²) in [6.45, 7) is 0.0351. The predicted octanol–water partition coefficient (Wildman–Crippen LogP) is 2.37. The molecule has 6 nitrogen and oxygen atoms in total. The van der Waals surface area contributed by atoms with Gasteiger partial charge in [-0.05, 0) is 25.0 Å². The van der Waals surface area contributed by atoms with E-state index in [1.54, 1.807) is 24.5 Å². The lowest BCUT2D eigenvalue weighted by molar-refractivity contribution is -0.150. The Bertz CT molecular complexity index is 576. The topological polar surface area (TPSA) is 78.1 Å². The van der Waals surface area contributed by atoms with Gasteiger partial charge < -0.3 is 9.26 Å². The number of pyridine rings is 1. The maximum atomic E-state index is 11.8. The van der Waals surface area contributed by atoms with Crippen molar-refractivity contribution in [1.82, 2.24) is 15.1 Å². The molecular formula is C14H15N3O3. The van der Waals surface area contributed by atoms with Gasteiger partial charge in [0.1, 0.15) is 0 Å². The lowest BCUT2D eigenvalue weighted by atomic mass is 10.1. The average Bonchev–Trinajstić information content (AvgIpc) is 3.17. The van der Waals surface area contributed by atoms with Crippen LogP contribution in [0.2, 0.25) is 0 Å². The minimum atomic E-state index is -0.161. The summed E-state index contributed by atoms with van der Waals surface area (Å²) in [5.41, 5.74) is 0.817. The van der Waals surface area contributed by atoms with E-state index in [4.69, 9.17) is 9.26 Å². The van der Waals surface area contributed by atoms with Crippen LogP contribution < -0.4 is 0 Å². The van der Waals surface area contributed by atoms with Gasteiger partial charge in [-0.3, -0.25) is 9.78 Å². The van der Waals surface area contributed by atoms with E-state index >= 15 is 0 Å². The first kappa shape index (κ1) is 12.8. The van der Waals surface area contributed by atoms with Crippen molar-refractivity contribution in [2.45, 2.75) is 32.3 Å². The van der Waals surface area contributed by atoms with E-state index in [1.807, 2.05) is 0 Å². The Hall–Kier alpha value is -2.24. The Morgan fingerprint density at radius 3 is 2.80 bits per heavy atom. The molecule has 1 fully saturated rings. The lowest BCUT2D eigenvalue weighted by Gasteiger charge is -2.06. The number of nitrogens with zero attached hydrogens (tertiary/aromatic N) is 3. The maximum absolute atomic E-state index is 11.8. The van der Waals surface area contributed by atoms with E-state index in [9.17, 15) is 4.79 Å². The van der Waals surface area contributed by atoms with E-state index < -0.39 is 0 Å². The van der Waals surface area contributed by atoms with Crippen molar-refractivity contribution in [2.24, 2.45) is 5.92 Å². The van der Waals surface area contributed by atoms with Crippen LogP contribution in [0.4, 0.5) is 0 Å². The van der Waals surface area contributed by atoms with Gasteiger partial charge in [-0.1, -0.05) is 18.0 Å². The highest BCUT2D eigenvalue weighted by atomic mass is 16.6. The summed E-state index contributed by atoms with van der Waals surface area (Å²) in [5, 5.41) is 3.86. The molecule has 0 bridgehead atoms. The number of carbonyl (C=O) groups is 1. The van der Waals surface area contributed by atoms with E-state index in [0.717, 1.165) is 31.2 Å². The zero-order chi connectivity index (χ0) is 13.8. The van der Waals surface area contributed by atoms with Gasteiger partial charge in [-0.25, -0.2) is 0 Å². The molecule has 0 unspecified atom stereocenters. The Morgan fingerprint density at radius 1 is 1.30 bits per heavy atom. The highest BCUT2D eigenvalue weighted by molar-refractivity contribution is 5.72. The smallest absolute Gasteiger partial charge is 0.309 e. The van der Waals surface area contributed by atoms with Gasteiger partial charge in [0, 0.05) is 18.0 Å². The number of esters is 1. The summed E-state index contributed by atoms with van der Waals surface area (Å²) >= 11 is 0. The molecule has 0 amide bonds. The summed E-state index contributed by atoms with van der Waals surface area (Å²) in [5.74, 6) is 0.659. The van der Waals surface area contributed by atoms with Crippen molar-refractivity contribution < 1.29 is 14.1 Å². The molecule has 0 saturated heterocycles. The van der Waals surface area contributed by atoms with Gasteiger partial charge in [0.05, 0.1) is 5.92 Å². The SMILES string of the molecule is O=C(OCc1nc(-c2ccncc2)no1)C1CCCC1. The van der Waals surface area contributed by atoms with E-state index in [2.05, 4.69) is 15.1 Å². The van der Waals surface area contributed by atoms with Gasteiger partial charge in [-0.15, -0.1) is 0 Å².